The summed E-state index contributed by atoms with van der Waals surface area (Å²) in [5.74, 6) is -0.337. The van der Waals surface area contributed by atoms with Gasteiger partial charge in [0.2, 0.25) is 5.91 Å². The summed E-state index contributed by atoms with van der Waals surface area (Å²) < 4.78 is 0. The summed E-state index contributed by atoms with van der Waals surface area (Å²) in [5.41, 5.74) is 6.66. The molecule has 2 amide bonds. The molecule has 3 rings (SSSR count). The van der Waals surface area contributed by atoms with Gasteiger partial charge in [-0.3, -0.25) is 9.59 Å². The maximum Gasteiger partial charge on any atom is 0.269 e. The van der Waals surface area contributed by atoms with Crippen LogP contribution in [0.2, 0.25) is 0 Å². The normalized spacial score (nSPS) is 19.1. The first-order valence-corrected chi connectivity index (χ1v) is 6.49. The molecule has 2 heterocycles. The molecule has 1 aromatic carbocycles. The van der Waals surface area contributed by atoms with Gasteiger partial charge in [0.15, 0.2) is 0 Å². The molecule has 1 atom stereocenters. The molecule has 1 unspecified atom stereocenters. The molecule has 1 aliphatic rings. The maximum absolute atomic E-state index is 12.0. The van der Waals surface area contributed by atoms with E-state index < -0.39 is 11.9 Å². The Morgan fingerprint density at radius 1 is 1.39 bits per heavy atom. The molecule has 1 aliphatic heterocycles. The number of hydrogen-bond acceptors (Lipinski definition) is 3. The lowest BCUT2D eigenvalue weighted by Gasteiger charge is -2.10. The summed E-state index contributed by atoms with van der Waals surface area (Å²) in [5, 5.41) is 3.63. The van der Waals surface area contributed by atoms with Crippen LogP contribution in [0.5, 0.6) is 0 Å². The van der Waals surface area contributed by atoms with Crippen molar-refractivity contribution in [1.29, 1.82) is 0 Å². The minimum Gasteiger partial charge on any atom is -0.368 e. The number of aromatic nitrogens is 1. The van der Waals surface area contributed by atoms with Gasteiger partial charge in [0.05, 0.1) is 0 Å². The molecule has 6 heteroatoms. The average Bonchev–Trinajstić information content (AvgIpc) is 2.64. The van der Waals surface area contributed by atoms with E-state index in [1.807, 2.05) is 24.3 Å². The first kappa shape index (κ1) is 11.2. The van der Waals surface area contributed by atoms with Crippen molar-refractivity contribution in [3.05, 3.63) is 30.0 Å². The van der Waals surface area contributed by atoms with Gasteiger partial charge in [-0.25, -0.2) is 0 Å². The van der Waals surface area contributed by atoms with E-state index in [1.54, 1.807) is 0 Å². The third-order valence-corrected chi connectivity index (χ3v) is 4.14. The molecule has 0 spiro atoms. The van der Waals surface area contributed by atoms with Crippen LogP contribution in [-0.2, 0) is 4.79 Å². The fourth-order valence-corrected chi connectivity index (χ4v) is 3.22. The van der Waals surface area contributed by atoms with Crippen LogP contribution in [0.4, 0.5) is 0 Å². The van der Waals surface area contributed by atoms with Crippen LogP contribution in [0.15, 0.2) is 29.2 Å². The Balaban J connectivity index is 2.10. The van der Waals surface area contributed by atoms with Crippen LogP contribution in [-0.4, -0.2) is 28.6 Å². The summed E-state index contributed by atoms with van der Waals surface area (Å²) in [6, 6.07) is 7.08. The van der Waals surface area contributed by atoms with Crippen molar-refractivity contribution in [3.63, 3.8) is 0 Å². The van der Waals surface area contributed by atoms with E-state index >= 15 is 0 Å². The monoisotopic (exact) mass is 261 g/mol. The van der Waals surface area contributed by atoms with Gasteiger partial charge in [-0.05, 0) is 6.07 Å². The fraction of sp³-hybridized carbons (Fsp3) is 0.167. The van der Waals surface area contributed by atoms with Crippen molar-refractivity contribution in [2.45, 2.75) is 10.9 Å². The van der Waals surface area contributed by atoms with Gasteiger partial charge in [0, 0.05) is 21.6 Å². The van der Waals surface area contributed by atoms with Crippen molar-refractivity contribution >= 4 is 34.5 Å². The highest BCUT2D eigenvalue weighted by atomic mass is 32.2. The van der Waals surface area contributed by atoms with Gasteiger partial charge < -0.3 is 16.0 Å². The minimum atomic E-state index is -0.623. The van der Waals surface area contributed by atoms with Crippen LogP contribution in [0, 0.1) is 0 Å². The van der Waals surface area contributed by atoms with Gasteiger partial charge in [-0.15, -0.1) is 11.8 Å². The number of benzene rings is 1. The Morgan fingerprint density at radius 2 is 2.17 bits per heavy atom. The Morgan fingerprint density at radius 3 is 2.94 bits per heavy atom. The van der Waals surface area contributed by atoms with Crippen molar-refractivity contribution < 1.29 is 9.59 Å². The zero-order chi connectivity index (χ0) is 12.7. The molecule has 0 radical (unpaired) electrons. The number of para-hydroxylation sites is 1. The van der Waals surface area contributed by atoms with E-state index in [4.69, 9.17) is 5.73 Å². The van der Waals surface area contributed by atoms with Crippen LogP contribution < -0.4 is 11.1 Å². The number of H-pyrrole nitrogens is 1. The first-order chi connectivity index (χ1) is 8.66. The molecule has 0 fully saturated rings. The van der Waals surface area contributed by atoms with Gasteiger partial charge >= 0.3 is 0 Å². The first-order valence-electron chi connectivity index (χ1n) is 5.50. The second kappa shape index (κ2) is 4.06. The smallest absolute Gasteiger partial charge is 0.269 e. The quantitative estimate of drug-likeness (QED) is 0.711. The molecule has 0 saturated carbocycles. The Bertz CT molecular complexity index is 650. The van der Waals surface area contributed by atoms with E-state index in [2.05, 4.69) is 10.3 Å². The zero-order valence-corrected chi connectivity index (χ0v) is 10.2. The van der Waals surface area contributed by atoms with E-state index in [0.717, 1.165) is 15.8 Å². The topological polar surface area (TPSA) is 88.0 Å². The van der Waals surface area contributed by atoms with Gasteiger partial charge in [-0.1, -0.05) is 18.2 Å². The summed E-state index contributed by atoms with van der Waals surface area (Å²) >= 11 is 1.47. The van der Waals surface area contributed by atoms with Gasteiger partial charge in [-0.2, -0.15) is 0 Å². The Hall–Kier alpha value is -1.95. The molecule has 2 aromatic rings. The predicted octanol–water partition coefficient (Wildman–Crippen LogP) is 0.857. The molecule has 92 valence electrons. The highest BCUT2D eigenvalue weighted by Crippen LogP contribution is 2.33. The third kappa shape index (κ3) is 1.65. The van der Waals surface area contributed by atoms with Crippen molar-refractivity contribution in [3.8, 4) is 0 Å². The van der Waals surface area contributed by atoms with Gasteiger partial charge in [0.25, 0.3) is 5.91 Å². The highest BCUT2D eigenvalue weighted by molar-refractivity contribution is 7.99. The molecule has 1 aromatic heterocycles. The largest absolute Gasteiger partial charge is 0.368 e. The molecule has 0 bridgehead atoms. The Labute approximate surface area is 107 Å². The lowest BCUT2D eigenvalue weighted by atomic mass is 10.2. The summed E-state index contributed by atoms with van der Waals surface area (Å²) in [6.07, 6.45) is 0. The van der Waals surface area contributed by atoms with Crippen LogP contribution >= 0.6 is 11.8 Å². The average molecular weight is 261 g/mol. The second-order valence-electron chi connectivity index (χ2n) is 4.11. The predicted molar refractivity (Wildman–Crippen MR) is 69.5 cm³/mol. The highest BCUT2D eigenvalue weighted by Gasteiger charge is 2.28. The maximum atomic E-state index is 12.0. The number of nitrogens with two attached hydrogens (primary N) is 1. The summed E-state index contributed by atoms with van der Waals surface area (Å²) in [6.45, 7) is 0. The number of amides is 2. The van der Waals surface area contributed by atoms with Crippen LogP contribution in [0.1, 0.15) is 10.5 Å². The molecule has 4 N–H and O–H groups in total. The number of fused-ring (bicyclic) bond motifs is 3. The second-order valence-corrected chi connectivity index (χ2v) is 5.14. The number of aromatic amines is 1. The van der Waals surface area contributed by atoms with Crippen molar-refractivity contribution in [2.24, 2.45) is 5.73 Å². The van der Waals surface area contributed by atoms with Gasteiger partial charge in [0.1, 0.15) is 11.7 Å². The number of rotatable bonds is 1. The zero-order valence-electron chi connectivity index (χ0n) is 9.40. The van der Waals surface area contributed by atoms with Crippen LogP contribution in [0.25, 0.3) is 10.9 Å². The number of thioether (sulfide) groups is 1. The summed E-state index contributed by atoms with van der Waals surface area (Å²) in [4.78, 5) is 27.2. The van der Waals surface area contributed by atoms with E-state index in [1.165, 1.54) is 11.8 Å². The number of carbonyl (C=O) groups is 2. The van der Waals surface area contributed by atoms with Crippen LogP contribution in [0.3, 0.4) is 0 Å². The minimum absolute atomic E-state index is 0.282. The number of carbonyl (C=O) groups excluding carboxylic acids is 2. The molecular formula is C12H11N3O2S. The standard InChI is InChI=1S/C12H11N3O2S/c13-11(16)8-5-18-10-6-3-1-2-4-7(6)14-9(10)12(17)15-8/h1-4,8,14H,5H2,(H2,13,16)(H,15,17). The van der Waals surface area contributed by atoms with Crippen molar-refractivity contribution in [2.75, 3.05) is 5.75 Å². The molecule has 0 aliphatic carbocycles. The lowest BCUT2D eigenvalue weighted by Crippen LogP contribution is -2.45. The van der Waals surface area contributed by atoms with E-state index in [0.29, 0.717) is 11.4 Å². The van der Waals surface area contributed by atoms with E-state index in [9.17, 15) is 9.59 Å². The third-order valence-electron chi connectivity index (χ3n) is 2.93. The number of primary amides is 1. The number of hydrogen-bond donors (Lipinski definition) is 3. The fourth-order valence-electron chi connectivity index (χ4n) is 2.02. The number of nitrogens with one attached hydrogen (secondary N) is 2. The van der Waals surface area contributed by atoms with E-state index in [-0.39, 0.29) is 5.91 Å². The SMILES string of the molecule is NC(=O)C1CSc2c([nH]c3ccccc23)C(=O)N1. The molecule has 5 nitrogen and oxygen atoms in total. The summed E-state index contributed by atoms with van der Waals surface area (Å²) in [7, 11) is 0. The lowest BCUT2D eigenvalue weighted by molar-refractivity contribution is -0.119. The molecule has 0 saturated heterocycles. The van der Waals surface area contributed by atoms with Crippen molar-refractivity contribution in [1.82, 2.24) is 10.3 Å². The Kier molecular flexibility index (Phi) is 2.52. The molecule has 18 heavy (non-hydrogen) atoms. The molecular weight excluding hydrogens is 250 g/mol.